The zero-order valence-corrected chi connectivity index (χ0v) is 19.4. The van der Waals surface area contributed by atoms with Gasteiger partial charge in [-0.05, 0) is 36.8 Å². The molecule has 4 aromatic rings. The second-order valence-corrected chi connectivity index (χ2v) is 9.80. The predicted octanol–water partition coefficient (Wildman–Crippen LogP) is 4.23. The van der Waals surface area contributed by atoms with Crippen LogP contribution in [0.25, 0.3) is 16.9 Å². The van der Waals surface area contributed by atoms with Crippen LogP contribution in [0.3, 0.4) is 0 Å². The molecule has 0 aliphatic carbocycles. The van der Waals surface area contributed by atoms with E-state index in [1.54, 1.807) is 25.3 Å². The maximum Gasteiger partial charge on any atom is 0.238 e. The van der Waals surface area contributed by atoms with Crippen molar-refractivity contribution in [1.29, 1.82) is 0 Å². The summed E-state index contributed by atoms with van der Waals surface area (Å²) in [6.45, 7) is 1.65. The molecule has 9 heteroatoms. The lowest BCUT2D eigenvalue weighted by Gasteiger charge is -2.12. The highest BCUT2D eigenvalue weighted by atomic mass is 32.2. The molecule has 0 atom stereocenters. The van der Waals surface area contributed by atoms with Gasteiger partial charge in [-0.3, -0.25) is 9.36 Å². The molecule has 7 nitrogen and oxygen atoms in total. The van der Waals surface area contributed by atoms with E-state index in [1.807, 2.05) is 65.2 Å². The molecule has 3 aromatic carbocycles. The largest absolute Gasteiger partial charge is 0.325 e. The molecule has 33 heavy (non-hydrogen) atoms. The summed E-state index contributed by atoms with van der Waals surface area (Å²) in [5.74, 6) is -0.190. The summed E-state index contributed by atoms with van der Waals surface area (Å²) in [4.78, 5) is 17.1. The Bertz CT molecular complexity index is 1390. The number of carbonyl (C=O) groups excluding carboxylic acids is 1. The highest BCUT2D eigenvalue weighted by molar-refractivity contribution is 7.99. The van der Waals surface area contributed by atoms with Crippen LogP contribution >= 0.6 is 11.8 Å². The van der Waals surface area contributed by atoms with Crippen LogP contribution in [0.4, 0.5) is 5.69 Å². The fourth-order valence-corrected chi connectivity index (χ4v) is 4.99. The highest BCUT2D eigenvalue weighted by Crippen LogP contribution is 2.30. The fraction of sp³-hybridized carbons (Fsp3) is 0.0833. The van der Waals surface area contributed by atoms with Crippen LogP contribution in [-0.2, 0) is 14.8 Å². The lowest BCUT2D eigenvalue weighted by Crippen LogP contribution is -2.17. The number of nitrogens with one attached hydrogen (secondary N) is 1. The molecule has 4 rings (SSSR count). The Morgan fingerprint density at radius 1 is 1.03 bits per heavy atom. The Hall–Kier alpha value is -3.40. The summed E-state index contributed by atoms with van der Waals surface area (Å²) in [6, 6.07) is 24.4. The minimum atomic E-state index is -3.88. The Kier molecular flexibility index (Phi) is 6.64. The van der Waals surface area contributed by atoms with E-state index in [0.29, 0.717) is 16.4 Å². The van der Waals surface area contributed by atoms with Crippen molar-refractivity contribution in [2.75, 3.05) is 11.1 Å². The summed E-state index contributed by atoms with van der Waals surface area (Å²) in [5, 5.41) is 8.66. The third kappa shape index (κ3) is 5.33. The first-order chi connectivity index (χ1) is 15.8. The number of aromatic nitrogens is 2. The zero-order valence-electron chi connectivity index (χ0n) is 17.8. The molecule has 0 saturated heterocycles. The van der Waals surface area contributed by atoms with Crippen LogP contribution in [-0.4, -0.2) is 29.6 Å². The summed E-state index contributed by atoms with van der Waals surface area (Å²) >= 11 is 1.29. The summed E-state index contributed by atoms with van der Waals surface area (Å²) in [5.41, 5.74) is 3.75. The van der Waals surface area contributed by atoms with Gasteiger partial charge in [-0.25, -0.2) is 18.5 Å². The standard InChI is InChI=1S/C24H22N4O3S2/c1-17-12-13-19(14-22(17)33(25,30)31)27-23(29)16-32-24-26-15-21(18-8-4-2-5-9-18)28(24)20-10-6-3-7-11-20/h2-15H,16H2,1H3,(H,27,29)(H2,25,30,31). The van der Waals surface area contributed by atoms with Crippen LogP contribution in [0.15, 0.2) is 95.1 Å². The lowest BCUT2D eigenvalue weighted by molar-refractivity contribution is -0.113. The minimum absolute atomic E-state index is 0.0138. The molecule has 1 heterocycles. The number of carbonyl (C=O) groups is 1. The molecular weight excluding hydrogens is 456 g/mol. The minimum Gasteiger partial charge on any atom is -0.325 e. The van der Waals surface area contributed by atoms with Crippen molar-refractivity contribution in [3.8, 4) is 16.9 Å². The van der Waals surface area contributed by atoms with Crippen LogP contribution < -0.4 is 10.5 Å². The van der Waals surface area contributed by atoms with Crippen LogP contribution in [0.2, 0.25) is 0 Å². The van der Waals surface area contributed by atoms with Crippen molar-refractivity contribution in [2.45, 2.75) is 17.0 Å². The van der Waals surface area contributed by atoms with Gasteiger partial charge in [0.25, 0.3) is 0 Å². The van der Waals surface area contributed by atoms with Gasteiger partial charge in [-0.15, -0.1) is 0 Å². The third-order valence-electron chi connectivity index (χ3n) is 4.92. The highest BCUT2D eigenvalue weighted by Gasteiger charge is 2.16. The number of aryl methyl sites for hydroxylation is 1. The summed E-state index contributed by atoms with van der Waals surface area (Å²) in [6.07, 6.45) is 1.79. The number of para-hydroxylation sites is 1. The van der Waals surface area contributed by atoms with Gasteiger partial charge in [0.05, 0.1) is 22.5 Å². The van der Waals surface area contributed by atoms with Crippen molar-refractivity contribution >= 4 is 33.4 Å². The molecule has 1 amide bonds. The number of nitrogens with zero attached hydrogens (tertiary/aromatic N) is 2. The number of benzene rings is 3. The van der Waals surface area contributed by atoms with Crippen LogP contribution in [0.5, 0.6) is 0 Å². The van der Waals surface area contributed by atoms with E-state index >= 15 is 0 Å². The number of hydrogen-bond donors (Lipinski definition) is 2. The summed E-state index contributed by atoms with van der Waals surface area (Å²) in [7, 11) is -3.88. The molecule has 0 aliphatic heterocycles. The topological polar surface area (TPSA) is 107 Å². The molecule has 0 saturated carbocycles. The first-order valence-corrected chi connectivity index (χ1v) is 12.6. The number of nitrogens with two attached hydrogens (primary N) is 1. The first-order valence-electron chi connectivity index (χ1n) is 10.1. The SMILES string of the molecule is Cc1ccc(NC(=O)CSc2ncc(-c3ccccc3)n2-c2ccccc2)cc1S(N)(=O)=O. The normalized spacial score (nSPS) is 11.3. The van der Waals surface area contributed by atoms with E-state index in [0.717, 1.165) is 16.9 Å². The molecule has 0 unspecified atom stereocenters. The number of sulfonamides is 1. The number of hydrogen-bond acceptors (Lipinski definition) is 5. The van der Waals surface area contributed by atoms with Crippen molar-refractivity contribution < 1.29 is 13.2 Å². The van der Waals surface area contributed by atoms with Gasteiger partial charge < -0.3 is 5.32 Å². The molecular formula is C24H22N4O3S2. The first kappa shape index (κ1) is 22.8. The molecule has 0 aliphatic rings. The number of imidazole rings is 1. The van der Waals surface area contributed by atoms with Gasteiger partial charge in [0.2, 0.25) is 15.9 Å². The number of primary sulfonamides is 1. The van der Waals surface area contributed by atoms with E-state index in [2.05, 4.69) is 10.3 Å². The van der Waals surface area contributed by atoms with E-state index in [-0.39, 0.29) is 16.6 Å². The van der Waals surface area contributed by atoms with Gasteiger partial charge in [-0.1, -0.05) is 66.4 Å². The van der Waals surface area contributed by atoms with Gasteiger partial charge in [0.15, 0.2) is 5.16 Å². The van der Waals surface area contributed by atoms with Crippen molar-refractivity contribution in [2.24, 2.45) is 5.14 Å². The van der Waals surface area contributed by atoms with Crippen molar-refractivity contribution in [3.63, 3.8) is 0 Å². The molecule has 0 bridgehead atoms. The van der Waals surface area contributed by atoms with E-state index in [1.165, 1.54) is 17.8 Å². The predicted molar refractivity (Wildman–Crippen MR) is 131 cm³/mol. The average Bonchev–Trinajstić information content (AvgIpc) is 3.23. The van der Waals surface area contributed by atoms with Gasteiger partial charge in [-0.2, -0.15) is 0 Å². The molecule has 3 N–H and O–H groups in total. The number of rotatable bonds is 7. The molecule has 168 valence electrons. The quantitative estimate of drug-likeness (QED) is 0.387. The molecule has 0 fully saturated rings. The zero-order chi connectivity index (χ0) is 23.4. The number of amides is 1. The fourth-order valence-electron chi connectivity index (χ4n) is 3.39. The smallest absolute Gasteiger partial charge is 0.238 e. The van der Waals surface area contributed by atoms with Crippen molar-refractivity contribution in [1.82, 2.24) is 9.55 Å². The monoisotopic (exact) mass is 478 g/mol. The lowest BCUT2D eigenvalue weighted by atomic mass is 10.1. The van der Waals surface area contributed by atoms with Gasteiger partial charge in [0.1, 0.15) is 0 Å². The van der Waals surface area contributed by atoms with Crippen molar-refractivity contribution in [3.05, 3.63) is 90.6 Å². The molecule has 1 aromatic heterocycles. The molecule has 0 spiro atoms. The molecule has 0 radical (unpaired) electrons. The Balaban J connectivity index is 1.56. The Morgan fingerprint density at radius 3 is 2.36 bits per heavy atom. The Labute approximate surface area is 196 Å². The van der Waals surface area contributed by atoms with Crippen LogP contribution in [0, 0.1) is 6.92 Å². The number of thioether (sulfide) groups is 1. The van der Waals surface area contributed by atoms with Crippen LogP contribution in [0.1, 0.15) is 5.56 Å². The van der Waals surface area contributed by atoms with E-state index in [9.17, 15) is 13.2 Å². The van der Waals surface area contributed by atoms with E-state index in [4.69, 9.17) is 5.14 Å². The third-order valence-corrected chi connectivity index (χ3v) is 6.93. The Morgan fingerprint density at radius 2 is 1.70 bits per heavy atom. The average molecular weight is 479 g/mol. The second kappa shape index (κ2) is 9.62. The summed E-state index contributed by atoms with van der Waals surface area (Å²) < 4.78 is 25.5. The maximum atomic E-state index is 12.6. The van der Waals surface area contributed by atoms with Gasteiger partial charge >= 0.3 is 0 Å². The number of anilines is 1. The maximum absolute atomic E-state index is 12.6. The van der Waals surface area contributed by atoms with Gasteiger partial charge in [0, 0.05) is 16.9 Å². The second-order valence-electron chi connectivity index (χ2n) is 7.33. The van der Waals surface area contributed by atoms with E-state index < -0.39 is 10.0 Å².